The van der Waals surface area contributed by atoms with Gasteiger partial charge in [-0.15, -0.1) is 0 Å². The molecule has 4 amide bonds. The van der Waals surface area contributed by atoms with Crippen LogP contribution in [0.4, 0.5) is 10.5 Å². The quantitative estimate of drug-likeness (QED) is 0.0999. The zero-order valence-corrected chi connectivity index (χ0v) is 27.2. The summed E-state index contributed by atoms with van der Waals surface area (Å²) in [5.74, 6) is -1.43. The molecule has 48 heavy (non-hydrogen) atoms. The Hall–Kier alpha value is -5.13. The number of carbonyl (C=O) groups is 3. The molecule has 0 saturated carbocycles. The van der Waals surface area contributed by atoms with Gasteiger partial charge in [-0.25, -0.2) is 4.79 Å². The summed E-state index contributed by atoms with van der Waals surface area (Å²) in [5.41, 5.74) is 3.07. The standard InChI is InChI=1S/C37H43BN4O6/c1-26(2)21-34(38(46)47)42-36(44)32(22-27-13-6-3-7-14-27)40-35(43)33(23-28-15-8-4-9-16-28)41-37(45)39-30-19-12-20-31(24-30)48-25-29-17-10-5-11-18-29/h3-20,24,26,32-34,46-47H,21-23,25H2,1-2H3,(H,40,43)(H,42,44)(H2,39,41,45)/t32-,33-,34-/m0/s1. The summed E-state index contributed by atoms with van der Waals surface area (Å²) in [4.78, 5) is 40.7. The Morgan fingerprint density at radius 2 is 1.19 bits per heavy atom. The average Bonchev–Trinajstić information content (AvgIpc) is 3.07. The summed E-state index contributed by atoms with van der Waals surface area (Å²) >= 11 is 0. The number of hydrogen-bond donors (Lipinski definition) is 6. The lowest BCUT2D eigenvalue weighted by Gasteiger charge is -2.26. The van der Waals surface area contributed by atoms with Crippen LogP contribution in [-0.2, 0) is 29.0 Å². The van der Waals surface area contributed by atoms with Gasteiger partial charge in [0.2, 0.25) is 11.8 Å². The molecule has 10 nitrogen and oxygen atoms in total. The number of benzene rings is 4. The van der Waals surface area contributed by atoms with Gasteiger partial charge in [-0.2, -0.15) is 0 Å². The van der Waals surface area contributed by atoms with Crippen LogP contribution in [0.1, 0.15) is 37.0 Å². The van der Waals surface area contributed by atoms with E-state index in [0.717, 1.165) is 16.7 Å². The van der Waals surface area contributed by atoms with Gasteiger partial charge in [0.05, 0.1) is 5.94 Å². The number of anilines is 1. The van der Waals surface area contributed by atoms with Gasteiger partial charge >= 0.3 is 13.1 Å². The summed E-state index contributed by atoms with van der Waals surface area (Å²) in [5, 5.41) is 30.9. The van der Waals surface area contributed by atoms with Gasteiger partial charge < -0.3 is 36.1 Å². The third-order valence-corrected chi connectivity index (χ3v) is 7.57. The zero-order chi connectivity index (χ0) is 34.3. The van der Waals surface area contributed by atoms with E-state index in [2.05, 4.69) is 21.3 Å². The second kappa shape index (κ2) is 18.3. The molecule has 11 heteroatoms. The molecule has 0 radical (unpaired) electrons. The number of urea groups is 1. The van der Waals surface area contributed by atoms with Crippen LogP contribution in [0.5, 0.6) is 5.75 Å². The molecule has 0 aliphatic heterocycles. The maximum absolute atomic E-state index is 13.9. The normalized spacial score (nSPS) is 12.7. The largest absolute Gasteiger partial charge is 0.489 e. The molecule has 0 saturated heterocycles. The van der Waals surface area contributed by atoms with E-state index < -0.39 is 43.0 Å². The molecule has 0 aliphatic carbocycles. The van der Waals surface area contributed by atoms with E-state index in [-0.39, 0.29) is 18.8 Å². The molecule has 4 rings (SSSR count). The van der Waals surface area contributed by atoms with Gasteiger partial charge in [0.15, 0.2) is 0 Å². The molecule has 0 heterocycles. The molecule has 0 fully saturated rings. The fourth-order valence-corrected chi connectivity index (χ4v) is 5.17. The van der Waals surface area contributed by atoms with Gasteiger partial charge in [0.25, 0.3) is 0 Å². The minimum absolute atomic E-state index is 0.0772. The zero-order valence-electron chi connectivity index (χ0n) is 27.2. The molecule has 0 spiro atoms. The molecule has 0 bridgehead atoms. The van der Waals surface area contributed by atoms with Gasteiger partial charge in [0.1, 0.15) is 24.4 Å². The lowest BCUT2D eigenvalue weighted by molar-refractivity contribution is -0.130. The lowest BCUT2D eigenvalue weighted by Crippen LogP contribution is -2.58. The van der Waals surface area contributed by atoms with Crippen molar-refractivity contribution in [3.8, 4) is 5.75 Å². The first-order chi connectivity index (χ1) is 23.2. The predicted molar refractivity (Wildman–Crippen MR) is 187 cm³/mol. The highest BCUT2D eigenvalue weighted by Gasteiger charge is 2.32. The smallest absolute Gasteiger partial charge is 0.475 e. The van der Waals surface area contributed by atoms with Crippen LogP contribution in [0.25, 0.3) is 0 Å². The third kappa shape index (κ3) is 11.9. The van der Waals surface area contributed by atoms with Crippen molar-refractivity contribution in [1.82, 2.24) is 16.0 Å². The number of amides is 4. The average molecular weight is 651 g/mol. The fraction of sp³-hybridized carbons (Fsp3) is 0.270. The molecule has 6 N–H and O–H groups in total. The van der Waals surface area contributed by atoms with Crippen molar-refractivity contribution in [1.29, 1.82) is 0 Å². The van der Waals surface area contributed by atoms with E-state index in [9.17, 15) is 24.4 Å². The number of carbonyl (C=O) groups excluding carboxylic acids is 3. The Labute approximate surface area is 282 Å². The summed E-state index contributed by atoms with van der Waals surface area (Å²) in [6.07, 6.45) is 0.631. The molecule has 0 unspecified atom stereocenters. The fourth-order valence-electron chi connectivity index (χ4n) is 5.17. The summed E-state index contributed by atoms with van der Waals surface area (Å²) < 4.78 is 5.89. The first-order valence-electron chi connectivity index (χ1n) is 16.1. The van der Waals surface area contributed by atoms with E-state index in [1.54, 1.807) is 24.3 Å². The predicted octanol–water partition coefficient (Wildman–Crippen LogP) is 4.27. The number of rotatable bonds is 16. The van der Waals surface area contributed by atoms with Gasteiger partial charge in [-0.1, -0.05) is 111 Å². The number of nitrogens with one attached hydrogen (secondary N) is 4. The summed E-state index contributed by atoms with van der Waals surface area (Å²) in [7, 11) is -1.78. The van der Waals surface area contributed by atoms with Crippen molar-refractivity contribution in [2.75, 3.05) is 5.32 Å². The van der Waals surface area contributed by atoms with Crippen molar-refractivity contribution in [3.63, 3.8) is 0 Å². The van der Waals surface area contributed by atoms with E-state index >= 15 is 0 Å². The minimum atomic E-state index is -1.78. The Kier molecular flexibility index (Phi) is 13.6. The molecular formula is C37H43BN4O6. The Balaban J connectivity index is 1.49. The molecular weight excluding hydrogens is 607 g/mol. The monoisotopic (exact) mass is 650 g/mol. The van der Waals surface area contributed by atoms with E-state index in [0.29, 0.717) is 24.5 Å². The number of ether oxygens (including phenoxy) is 1. The highest BCUT2D eigenvalue weighted by atomic mass is 16.5. The van der Waals surface area contributed by atoms with Crippen LogP contribution in [0.15, 0.2) is 115 Å². The topological polar surface area (TPSA) is 149 Å². The van der Waals surface area contributed by atoms with Crippen LogP contribution in [0, 0.1) is 5.92 Å². The minimum Gasteiger partial charge on any atom is -0.489 e. The lowest BCUT2D eigenvalue weighted by atomic mass is 9.75. The first kappa shape index (κ1) is 35.7. The first-order valence-corrected chi connectivity index (χ1v) is 16.1. The van der Waals surface area contributed by atoms with Crippen molar-refractivity contribution in [3.05, 3.63) is 132 Å². The Bertz CT molecular complexity index is 1590. The maximum Gasteiger partial charge on any atom is 0.475 e. The Morgan fingerprint density at radius 1 is 0.667 bits per heavy atom. The van der Waals surface area contributed by atoms with Crippen molar-refractivity contribution in [2.45, 2.75) is 57.7 Å². The SMILES string of the molecule is CC(C)C[C@H](NC(=O)[C@H](Cc1ccccc1)NC(=O)[C@H](Cc1ccccc1)NC(=O)Nc1cccc(OCc2ccccc2)c1)B(O)O. The number of hydrogen-bond acceptors (Lipinski definition) is 6. The van der Waals surface area contributed by atoms with Crippen LogP contribution in [0.3, 0.4) is 0 Å². The van der Waals surface area contributed by atoms with E-state index in [1.807, 2.05) is 105 Å². The van der Waals surface area contributed by atoms with Gasteiger partial charge in [-0.05, 0) is 41.2 Å². The van der Waals surface area contributed by atoms with Crippen molar-refractivity contribution >= 4 is 30.7 Å². The van der Waals surface area contributed by atoms with Crippen LogP contribution in [-0.4, -0.2) is 53.0 Å². The van der Waals surface area contributed by atoms with Crippen LogP contribution >= 0.6 is 0 Å². The van der Waals surface area contributed by atoms with Crippen molar-refractivity contribution < 1.29 is 29.2 Å². The molecule has 3 atom stereocenters. The second-order valence-corrected chi connectivity index (χ2v) is 12.1. The third-order valence-electron chi connectivity index (χ3n) is 7.57. The Morgan fingerprint density at radius 3 is 1.73 bits per heavy atom. The van der Waals surface area contributed by atoms with Crippen LogP contribution < -0.4 is 26.0 Å². The molecule has 250 valence electrons. The van der Waals surface area contributed by atoms with Crippen LogP contribution in [0.2, 0.25) is 0 Å². The highest BCUT2D eigenvalue weighted by Crippen LogP contribution is 2.19. The molecule has 4 aromatic rings. The maximum atomic E-state index is 13.9. The summed E-state index contributed by atoms with van der Waals surface area (Å²) in [6, 6.07) is 32.4. The second-order valence-electron chi connectivity index (χ2n) is 12.1. The van der Waals surface area contributed by atoms with E-state index in [1.165, 1.54) is 0 Å². The van der Waals surface area contributed by atoms with Gasteiger partial charge in [-0.3, -0.25) is 9.59 Å². The molecule has 0 aliphatic rings. The summed E-state index contributed by atoms with van der Waals surface area (Å²) in [6.45, 7) is 4.18. The van der Waals surface area contributed by atoms with E-state index in [4.69, 9.17) is 4.74 Å². The van der Waals surface area contributed by atoms with Gasteiger partial charge in [0, 0.05) is 24.6 Å². The molecule has 0 aromatic heterocycles. The molecule has 4 aromatic carbocycles. The highest BCUT2D eigenvalue weighted by molar-refractivity contribution is 6.43. The van der Waals surface area contributed by atoms with Crippen molar-refractivity contribution in [2.24, 2.45) is 5.92 Å².